The Balaban J connectivity index is 2.06. The van der Waals surface area contributed by atoms with Gasteiger partial charge in [-0.1, -0.05) is 25.7 Å². The Kier molecular flexibility index (Phi) is 2.83. The molecule has 1 saturated carbocycles. The Morgan fingerprint density at radius 3 is 2.46 bits per heavy atom. The molecule has 0 atom stereocenters. The summed E-state index contributed by atoms with van der Waals surface area (Å²) >= 11 is 1.73. The van der Waals surface area contributed by atoms with Crippen molar-refractivity contribution in [3.8, 4) is 0 Å². The van der Waals surface area contributed by atoms with Crippen LogP contribution in [0.3, 0.4) is 0 Å². The van der Waals surface area contributed by atoms with Gasteiger partial charge in [0.1, 0.15) is 5.82 Å². The molecule has 0 amide bonds. The second-order valence-electron chi connectivity index (χ2n) is 3.80. The lowest BCUT2D eigenvalue weighted by atomic mass is 10.0. The van der Waals surface area contributed by atoms with E-state index < -0.39 is 0 Å². The Labute approximate surface area is 83.2 Å². The number of hydrogen-bond donors (Lipinski definition) is 1. The van der Waals surface area contributed by atoms with E-state index in [-0.39, 0.29) is 0 Å². The average molecular weight is 196 g/mol. The number of rotatable bonds is 1. The van der Waals surface area contributed by atoms with E-state index >= 15 is 0 Å². The lowest BCUT2D eigenvalue weighted by Crippen LogP contribution is -1.96. The molecule has 1 heterocycles. The molecule has 72 valence electrons. The quantitative estimate of drug-likeness (QED) is 0.701. The highest BCUT2D eigenvalue weighted by Crippen LogP contribution is 2.33. The molecular formula is C10H16N2S. The van der Waals surface area contributed by atoms with Gasteiger partial charge in [-0.15, -0.1) is 11.3 Å². The fraction of sp³-hybridized carbons (Fsp3) is 0.700. The summed E-state index contributed by atoms with van der Waals surface area (Å²) < 4.78 is 0. The number of nitrogens with two attached hydrogens (primary N) is 1. The molecule has 3 heteroatoms. The Bertz CT molecular complexity index is 262. The predicted octanol–water partition coefficient (Wildman–Crippen LogP) is 3.16. The molecule has 2 N–H and O–H groups in total. The maximum absolute atomic E-state index is 5.62. The van der Waals surface area contributed by atoms with E-state index in [0.29, 0.717) is 11.7 Å². The van der Waals surface area contributed by atoms with Gasteiger partial charge in [-0.05, 0) is 12.8 Å². The van der Waals surface area contributed by atoms with Gasteiger partial charge in [0.15, 0.2) is 0 Å². The van der Waals surface area contributed by atoms with Crippen molar-refractivity contribution in [2.45, 2.75) is 44.4 Å². The number of nitrogen functional groups attached to an aromatic ring is 1. The van der Waals surface area contributed by atoms with Gasteiger partial charge in [-0.3, -0.25) is 0 Å². The van der Waals surface area contributed by atoms with E-state index in [1.54, 1.807) is 11.3 Å². The van der Waals surface area contributed by atoms with Crippen LogP contribution in [0.15, 0.2) is 5.38 Å². The van der Waals surface area contributed by atoms with Crippen molar-refractivity contribution in [2.75, 3.05) is 5.73 Å². The average Bonchev–Trinajstić information content (AvgIpc) is 2.43. The molecule has 0 radical (unpaired) electrons. The van der Waals surface area contributed by atoms with E-state index in [9.17, 15) is 0 Å². The van der Waals surface area contributed by atoms with Gasteiger partial charge < -0.3 is 5.73 Å². The molecule has 0 spiro atoms. The number of thiazole rings is 1. The summed E-state index contributed by atoms with van der Waals surface area (Å²) in [6, 6.07) is 0. The topological polar surface area (TPSA) is 38.9 Å². The normalized spacial score (nSPS) is 20.0. The molecule has 13 heavy (non-hydrogen) atoms. The first-order valence-electron chi connectivity index (χ1n) is 5.07. The number of hydrogen-bond acceptors (Lipinski definition) is 3. The zero-order chi connectivity index (χ0) is 9.10. The molecule has 2 nitrogen and oxygen atoms in total. The van der Waals surface area contributed by atoms with Gasteiger partial charge in [-0.2, -0.15) is 0 Å². The predicted molar refractivity (Wildman–Crippen MR) is 57.0 cm³/mol. The first kappa shape index (κ1) is 9.00. The van der Waals surface area contributed by atoms with Crippen molar-refractivity contribution in [1.29, 1.82) is 0 Å². The maximum Gasteiger partial charge on any atom is 0.134 e. The molecule has 1 aromatic rings. The number of aromatic nitrogens is 1. The van der Waals surface area contributed by atoms with Gasteiger partial charge in [0.2, 0.25) is 0 Å². The van der Waals surface area contributed by atoms with E-state index in [1.165, 1.54) is 43.5 Å². The highest BCUT2D eigenvalue weighted by atomic mass is 32.1. The molecule has 0 saturated heterocycles. The van der Waals surface area contributed by atoms with E-state index in [1.807, 2.05) is 5.38 Å². The van der Waals surface area contributed by atoms with Crippen molar-refractivity contribution in [2.24, 2.45) is 0 Å². The van der Waals surface area contributed by atoms with Crippen LogP contribution in [-0.2, 0) is 0 Å². The van der Waals surface area contributed by atoms with Crippen molar-refractivity contribution in [3.63, 3.8) is 0 Å². The summed E-state index contributed by atoms with van der Waals surface area (Å²) in [5.41, 5.74) is 5.62. The third-order valence-electron chi connectivity index (χ3n) is 2.74. The molecule has 1 aliphatic carbocycles. The largest absolute Gasteiger partial charge is 0.383 e. The summed E-state index contributed by atoms with van der Waals surface area (Å²) in [6.45, 7) is 0. The van der Waals surface area contributed by atoms with Gasteiger partial charge in [-0.25, -0.2) is 4.98 Å². The van der Waals surface area contributed by atoms with Gasteiger partial charge >= 0.3 is 0 Å². The van der Waals surface area contributed by atoms with Gasteiger partial charge in [0.25, 0.3) is 0 Å². The summed E-state index contributed by atoms with van der Waals surface area (Å²) in [6.07, 6.45) is 8.16. The minimum absolute atomic E-state index is 0.698. The molecule has 0 bridgehead atoms. The molecule has 0 aromatic carbocycles. The van der Waals surface area contributed by atoms with Crippen LogP contribution >= 0.6 is 11.3 Å². The summed E-state index contributed by atoms with van der Waals surface area (Å²) in [5.74, 6) is 1.40. The van der Waals surface area contributed by atoms with Crippen LogP contribution in [0.2, 0.25) is 0 Å². The maximum atomic E-state index is 5.62. The highest BCUT2D eigenvalue weighted by molar-refractivity contribution is 7.10. The summed E-state index contributed by atoms with van der Waals surface area (Å²) in [5, 5.41) is 3.22. The second-order valence-corrected chi connectivity index (χ2v) is 4.69. The third-order valence-corrected chi connectivity index (χ3v) is 3.77. The Morgan fingerprint density at radius 2 is 1.92 bits per heavy atom. The Hall–Kier alpha value is -0.570. The van der Waals surface area contributed by atoms with E-state index in [2.05, 4.69) is 4.98 Å². The van der Waals surface area contributed by atoms with Crippen molar-refractivity contribution < 1.29 is 0 Å². The fourth-order valence-corrected chi connectivity index (χ4v) is 2.89. The zero-order valence-electron chi connectivity index (χ0n) is 7.83. The van der Waals surface area contributed by atoms with Crippen LogP contribution in [0.5, 0.6) is 0 Å². The molecule has 2 rings (SSSR count). The van der Waals surface area contributed by atoms with Gasteiger partial charge in [0, 0.05) is 11.3 Å². The van der Waals surface area contributed by atoms with Crippen LogP contribution in [0.25, 0.3) is 0 Å². The standard InChI is InChI=1S/C10H16N2S/c11-9-7-13-10(12-9)8-5-3-1-2-4-6-8/h7-8H,1-6,11H2. The highest BCUT2D eigenvalue weighted by Gasteiger charge is 2.16. The Morgan fingerprint density at radius 1 is 1.23 bits per heavy atom. The smallest absolute Gasteiger partial charge is 0.134 e. The third kappa shape index (κ3) is 2.21. The van der Waals surface area contributed by atoms with Crippen LogP contribution < -0.4 is 5.73 Å². The van der Waals surface area contributed by atoms with Crippen molar-refractivity contribution in [1.82, 2.24) is 4.98 Å². The zero-order valence-corrected chi connectivity index (χ0v) is 8.65. The van der Waals surface area contributed by atoms with E-state index in [4.69, 9.17) is 5.73 Å². The minimum Gasteiger partial charge on any atom is -0.383 e. The number of anilines is 1. The molecule has 1 aromatic heterocycles. The van der Waals surface area contributed by atoms with Crippen LogP contribution in [-0.4, -0.2) is 4.98 Å². The minimum atomic E-state index is 0.698. The molecule has 0 unspecified atom stereocenters. The van der Waals surface area contributed by atoms with Crippen molar-refractivity contribution in [3.05, 3.63) is 10.4 Å². The van der Waals surface area contributed by atoms with Crippen LogP contribution in [0.1, 0.15) is 49.5 Å². The molecular weight excluding hydrogens is 180 g/mol. The lowest BCUT2D eigenvalue weighted by Gasteiger charge is -2.09. The van der Waals surface area contributed by atoms with Crippen molar-refractivity contribution >= 4 is 17.2 Å². The monoisotopic (exact) mass is 196 g/mol. The van der Waals surface area contributed by atoms with Gasteiger partial charge in [0.05, 0.1) is 5.01 Å². The molecule has 0 aliphatic heterocycles. The van der Waals surface area contributed by atoms with Crippen LogP contribution in [0, 0.1) is 0 Å². The second kappa shape index (κ2) is 4.09. The summed E-state index contributed by atoms with van der Waals surface area (Å²) in [7, 11) is 0. The number of nitrogens with zero attached hydrogens (tertiary/aromatic N) is 1. The van der Waals surface area contributed by atoms with E-state index in [0.717, 1.165) is 0 Å². The van der Waals surface area contributed by atoms with Crippen LogP contribution in [0.4, 0.5) is 5.82 Å². The molecule has 1 aliphatic rings. The molecule has 1 fully saturated rings. The fourth-order valence-electron chi connectivity index (χ4n) is 2.01. The summed E-state index contributed by atoms with van der Waals surface area (Å²) in [4.78, 5) is 4.37. The first-order valence-corrected chi connectivity index (χ1v) is 5.95. The SMILES string of the molecule is Nc1csc(C2CCCCCC2)n1. The lowest BCUT2D eigenvalue weighted by molar-refractivity contribution is 0.590. The first-order chi connectivity index (χ1) is 6.36.